The van der Waals surface area contributed by atoms with Crippen molar-refractivity contribution >= 4 is 27.8 Å². The van der Waals surface area contributed by atoms with Crippen molar-refractivity contribution < 1.29 is 33.4 Å². The third-order valence-corrected chi connectivity index (χ3v) is 5.73. The van der Waals surface area contributed by atoms with E-state index in [0.29, 0.717) is 18.2 Å². The fourth-order valence-electron chi connectivity index (χ4n) is 2.14. The summed E-state index contributed by atoms with van der Waals surface area (Å²) in [7, 11) is -9.36. The molecule has 0 aromatic rings. The monoisotopic (exact) mass is 349 g/mol. The van der Waals surface area contributed by atoms with E-state index in [2.05, 4.69) is 17.9 Å². The van der Waals surface area contributed by atoms with Gasteiger partial charge in [0.05, 0.1) is 6.16 Å². The number of nitrogens with one attached hydrogen (secondary N) is 1. The van der Waals surface area contributed by atoms with E-state index < -0.39 is 33.4 Å². The van der Waals surface area contributed by atoms with Crippen LogP contribution < -0.4 is 5.32 Å². The molecule has 1 aliphatic rings. The second-order valence-corrected chi connectivity index (χ2v) is 8.95. The Morgan fingerprint density at radius 2 is 1.95 bits per heavy atom. The van der Waals surface area contributed by atoms with Crippen LogP contribution in [0.5, 0.6) is 0 Å². The largest absolute Gasteiger partial charge is 0.354 e. The molecule has 120 valence electrons. The Morgan fingerprint density at radius 3 is 2.40 bits per heavy atom. The molecule has 5 N–H and O–H groups in total. The van der Waals surface area contributed by atoms with Crippen molar-refractivity contribution in [2.45, 2.75) is 25.4 Å². The number of piperidine rings is 1. The molecule has 20 heavy (non-hydrogen) atoms. The zero-order valence-electron chi connectivity index (χ0n) is 11.0. The minimum Gasteiger partial charge on any atom is -0.346 e. The maximum atomic E-state index is 11.3. The zero-order valence-corrected chi connectivity index (χ0v) is 13.7. The van der Waals surface area contributed by atoms with Crippen LogP contribution in [-0.2, 0) is 13.9 Å². The smallest absolute Gasteiger partial charge is 0.346 e. The summed E-state index contributed by atoms with van der Waals surface area (Å²) in [6, 6.07) is 0. The van der Waals surface area contributed by atoms with Crippen LogP contribution in [-0.4, -0.2) is 50.1 Å². The lowest BCUT2D eigenvalue weighted by molar-refractivity contribution is -0.0459. The Labute approximate surface area is 123 Å². The molecule has 1 fully saturated rings. The minimum atomic E-state index is -4.77. The van der Waals surface area contributed by atoms with Crippen LogP contribution in [0.2, 0.25) is 0 Å². The lowest BCUT2D eigenvalue weighted by atomic mass is 9.91. The molecule has 1 aliphatic heterocycles. The molecule has 0 bridgehead atoms. The van der Waals surface area contributed by atoms with Gasteiger partial charge in [0.15, 0.2) is 5.85 Å². The van der Waals surface area contributed by atoms with Crippen LogP contribution in [0.15, 0.2) is 0 Å². The average molecular weight is 349 g/mol. The van der Waals surface area contributed by atoms with Gasteiger partial charge in [-0.05, 0) is 18.1 Å². The highest BCUT2D eigenvalue weighted by Crippen LogP contribution is 2.50. The van der Waals surface area contributed by atoms with E-state index in [1.54, 1.807) is 0 Å². The first-order valence-corrected chi connectivity index (χ1v) is 10.2. The Kier molecular flexibility index (Phi) is 6.72. The molecule has 0 aromatic carbocycles. The zero-order chi connectivity index (χ0) is 15.6. The van der Waals surface area contributed by atoms with E-state index in [4.69, 9.17) is 14.5 Å². The summed E-state index contributed by atoms with van der Waals surface area (Å²) in [6.07, 6.45) is -0.914. The van der Waals surface area contributed by atoms with Gasteiger partial charge in [0.2, 0.25) is 0 Å². The van der Waals surface area contributed by atoms with Gasteiger partial charge in [-0.3, -0.25) is 14.4 Å². The van der Waals surface area contributed by atoms with E-state index in [1.807, 2.05) is 6.92 Å². The molecular weight excluding hydrogens is 328 g/mol. The van der Waals surface area contributed by atoms with Crippen molar-refractivity contribution in [3.8, 4) is 0 Å². The first-order valence-electron chi connectivity index (χ1n) is 6.12. The molecular formula is C9H21NO7P2S. The lowest BCUT2D eigenvalue weighted by Gasteiger charge is -2.37. The standard InChI is InChI=1S/C9H21NO7P2S/c1-6-2-7(5-20)9(10-3-6)17-8(19(14,15)16)4-18(11,12)13/h6-10,20H,2-5H2,1H3,(H2,11,12,13)(H2,14,15,16). The maximum absolute atomic E-state index is 11.3. The highest BCUT2D eigenvalue weighted by Gasteiger charge is 2.40. The molecule has 1 rings (SSSR count). The van der Waals surface area contributed by atoms with E-state index >= 15 is 0 Å². The maximum Gasteiger partial charge on any atom is 0.354 e. The van der Waals surface area contributed by atoms with Crippen molar-refractivity contribution in [3.05, 3.63) is 0 Å². The van der Waals surface area contributed by atoms with Gasteiger partial charge in [0.25, 0.3) is 0 Å². The van der Waals surface area contributed by atoms with Gasteiger partial charge >= 0.3 is 15.2 Å². The van der Waals surface area contributed by atoms with Crippen molar-refractivity contribution in [2.24, 2.45) is 11.8 Å². The van der Waals surface area contributed by atoms with Crippen LogP contribution in [0.3, 0.4) is 0 Å². The van der Waals surface area contributed by atoms with E-state index in [9.17, 15) is 18.9 Å². The van der Waals surface area contributed by atoms with Gasteiger partial charge in [0, 0.05) is 12.5 Å². The summed E-state index contributed by atoms with van der Waals surface area (Å²) in [5.74, 6) is -1.07. The van der Waals surface area contributed by atoms with Gasteiger partial charge < -0.3 is 24.3 Å². The minimum absolute atomic E-state index is 0.0760. The molecule has 0 aromatic heterocycles. The molecule has 4 atom stereocenters. The van der Waals surface area contributed by atoms with Gasteiger partial charge in [-0.25, -0.2) is 0 Å². The van der Waals surface area contributed by atoms with Gasteiger partial charge in [0.1, 0.15) is 6.23 Å². The van der Waals surface area contributed by atoms with E-state index in [0.717, 1.165) is 6.42 Å². The summed E-state index contributed by atoms with van der Waals surface area (Å²) >= 11 is 4.18. The molecule has 1 saturated heterocycles. The predicted molar refractivity (Wildman–Crippen MR) is 76.7 cm³/mol. The Hall–Kier alpha value is 0.570. The molecule has 4 unspecified atom stereocenters. The molecule has 0 aliphatic carbocycles. The SMILES string of the molecule is CC1CNC(OC(CP(=O)(O)O)P(=O)(O)O)C(CS)C1. The highest BCUT2D eigenvalue weighted by molar-refractivity contribution is 7.80. The van der Waals surface area contributed by atoms with Gasteiger partial charge in [-0.1, -0.05) is 6.92 Å². The topological polar surface area (TPSA) is 136 Å². The molecule has 0 radical (unpaired) electrons. The van der Waals surface area contributed by atoms with E-state index in [1.165, 1.54) is 0 Å². The second-order valence-electron chi connectivity index (χ2n) is 5.14. The first kappa shape index (κ1) is 18.6. The number of thiol groups is 1. The Balaban J connectivity index is 2.79. The van der Waals surface area contributed by atoms with Crippen molar-refractivity contribution in [2.75, 3.05) is 18.5 Å². The predicted octanol–water partition coefficient (Wildman–Crippen LogP) is 0.186. The van der Waals surface area contributed by atoms with Crippen LogP contribution in [0.1, 0.15) is 13.3 Å². The fraction of sp³-hybridized carbons (Fsp3) is 1.00. The number of rotatable bonds is 6. The number of hydrogen-bond donors (Lipinski definition) is 6. The lowest BCUT2D eigenvalue weighted by Crippen LogP contribution is -2.49. The molecule has 0 amide bonds. The molecule has 0 saturated carbocycles. The average Bonchev–Trinajstić information content (AvgIpc) is 2.27. The Bertz CT molecular complexity index is 411. The Morgan fingerprint density at radius 1 is 1.35 bits per heavy atom. The van der Waals surface area contributed by atoms with Crippen LogP contribution in [0, 0.1) is 11.8 Å². The summed E-state index contributed by atoms with van der Waals surface area (Å²) in [6.45, 7) is 2.63. The van der Waals surface area contributed by atoms with Gasteiger partial charge in [-0.2, -0.15) is 12.6 Å². The van der Waals surface area contributed by atoms with Crippen molar-refractivity contribution in [1.82, 2.24) is 5.32 Å². The second kappa shape index (κ2) is 7.22. The van der Waals surface area contributed by atoms with Crippen LogP contribution >= 0.6 is 27.8 Å². The molecule has 0 spiro atoms. The fourth-order valence-corrected chi connectivity index (χ4v) is 4.75. The van der Waals surface area contributed by atoms with Crippen LogP contribution in [0.4, 0.5) is 0 Å². The normalized spacial score (nSPS) is 30.2. The summed E-state index contributed by atoms with van der Waals surface area (Å²) in [5, 5.41) is 2.99. The van der Waals surface area contributed by atoms with Crippen molar-refractivity contribution in [1.29, 1.82) is 0 Å². The van der Waals surface area contributed by atoms with Gasteiger partial charge in [-0.15, -0.1) is 0 Å². The molecule has 11 heteroatoms. The molecule has 1 heterocycles. The third-order valence-electron chi connectivity index (χ3n) is 3.11. The third kappa shape index (κ3) is 6.13. The molecule has 8 nitrogen and oxygen atoms in total. The number of ether oxygens (including phenoxy) is 1. The van der Waals surface area contributed by atoms with Crippen LogP contribution in [0.25, 0.3) is 0 Å². The first-order chi connectivity index (χ1) is 9.03. The summed E-state index contributed by atoms with van der Waals surface area (Å²) in [4.78, 5) is 36.2. The summed E-state index contributed by atoms with van der Waals surface area (Å²) in [5.41, 5.74) is 0. The quantitative estimate of drug-likeness (QED) is 0.295. The highest BCUT2D eigenvalue weighted by atomic mass is 32.1. The number of hydrogen-bond acceptors (Lipinski definition) is 5. The van der Waals surface area contributed by atoms with Crippen molar-refractivity contribution in [3.63, 3.8) is 0 Å². The van der Waals surface area contributed by atoms with E-state index in [-0.39, 0.29) is 5.92 Å². The summed E-state index contributed by atoms with van der Waals surface area (Å²) < 4.78 is 27.6.